The maximum absolute atomic E-state index is 12.1. The summed E-state index contributed by atoms with van der Waals surface area (Å²) in [5.74, 6) is -0.804. The number of rotatable bonds is 4. The van der Waals surface area contributed by atoms with E-state index in [0.717, 1.165) is 24.0 Å². The Morgan fingerprint density at radius 1 is 1.43 bits per heavy atom. The summed E-state index contributed by atoms with van der Waals surface area (Å²) >= 11 is 5.95. The molecule has 3 aliphatic rings. The van der Waals surface area contributed by atoms with Crippen LogP contribution in [0.25, 0.3) is 6.08 Å². The van der Waals surface area contributed by atoms with E-state index in [1.807, 2.05) is 12.1 Å². The van der Waals surface area contributed by atoms with Gasteiger partial charge in [-0.1, -0.05) is 36.4 Å². The number of allylic oxidation sites excluding steroid dienone is 1. The summed E-state index contributed by atoms with van der Waals surface area (Å²) < 4.78 is 16.9. The molecule has 5 nitrogen and oxygen atoms in total. The Morgan fingerprint density at radius 3 is 3.07 bits per heavy atom. The topological polar surface area (TPSA) is 65.1 Å². The van der Waals surface area contributed by atoms with Gasteiger partial charge in [0.25, 0.3) is 0 Å². The Bertz CT molecular complexity index is 933. The number of carbonyl (C=O) groups excluding carboxylic acids is 2. The summed E-state index contributed by atoms with van der Waals surface area (Å²) in [6.07, 6.45) is 7.96. The molecule has 0 bridgehead atoms. The van der Waals surface area contributed by atoms with Gasteiger partial charge in [0, 0.05) is 22.6 Å². The van der Waals surface area contributed by atoms with Crippen molar-refractivity contribution in [3.8, 4) is 0 Å². The predicted molar refractivity (Wildman–Crippen MR) is 114 cm³/mol. The van der Waals surface area contributed by atoms with Crippen LogP contribution in [0.3, 0.4) is 0 Å². The third kappa shape index (κ3) is 4.52. The second-order valence-corrected chi connectivity index (χ2v) is 8.72. The van der Waals surface area contributed by atoms with E-state index in [2.05, 4.69) is 19.6 Å². The molecule has 2 fully saturated rings. The molecule has 1 aliphatic carbocycles. The van der Waals surface area contributed by atoms with E-state index in [-0.39, 0.29) is 36.3 Å². The lowest BCUT2D eigenvalue weighted by atomic mass is 9.84. The van der Waals surface area contributed by atoms with Crippen LogP contribution in [0.5, 0.6) is 0 Å². The largest absolute Gasteiger partial charge is 0.458 e. The second-order valence-electron chi connectivity index (χ2n) is 8.29. The van der Waals surface area contributed by atoms with E-state index >= 15 is 0 Å². The molecular formula is C24H25ClO5. The summed E-state index contributed by atoms with van der Waals surface area (Å²) in [4.78, 5) is 24.2. The van der Waals surface area contributed by atoms with E-state index in [9.17, 15) is 9.59 Å². The molecule has 0 saturated carbocycles. The van der Waals surface area contributed by atoms with E-state index < -0.39 is 5.97 Å². The Balaban J connectivity index is 1.38. The Kier molecular flexibility index (Phi) is 5.85. The van der Waals surface area contributed by atoms with Crippen LogP contribution in [0.15, 0.2) is 54.1 Å². The van der Waals surface area contributed by atoms with Gasteiger partial charge in [-0.25, -0.2) is 9.59 Å². The summed E-state index contributed by atoms with van der Waals surface area (Å²) in [5.41, 5.74) is 2.11. The number of epoxide rings is 1. The normalized spacial score (nSPS) is 32.6. The van der Waals surface area contributed by atoms with E-state index in [1.54, 1.807) is 18.2 Å². The SMILES string of the molecule is C=C1C(=O)O[C@H]2[C@H]1CC/C(COC(=O)/C=C/c1cccc(Cl)c1)=C\CC[C@@]1(C)O[C@@H]21. The zero-order valence-electron chi connectivity index (χ0n) is 16.9. The lowest BCUT2D eigenvalue weighted by Crippen LogP contribution is -2.29. The zero-order valence-corrected chi connectivity index (χ0v) is 17.7. The molecule has 0 unspecified atom stereocenters. The maximum atomic E-state index is 12.1. The summed E-state index contributed by atoms with van der Waals surface area (Å²) in [6, 6.07) is 7.24. The van der Waals surface area contributed by atoms with Crippen molar-refractivity contribution in [1.29, 1.82) is 0 Å². The first-order valence-corrected chi connectivity index (χ1v) is 10.6. The minimum Gasteiger partial charge on any atom is -0.458 e. The molecule has 158 valence electrons. The van der Waals surface area contributed by atoms with Gasteiger partial charge < -0.3 is 14.2 Å². The number of halogens is 1. The highest BCUT2D eigenvalue weighted by molar-refractivity contribution is 6.30. The first kappa shape index (κ1) is 20.9. The van der Waals surface area contributed by atoms with Gasteiger partial charge in [-0.15, -0.1) is 0 Å². The quantitative estimate of drug-likeness (QED) is 0.302. The van der Waals surface area contributed by atoms with Crippen LogP contribution < -0.4 is 0 Å². The number of ether oxygens (including phenoxy) is 3. The molecule has 2 saturated heterocycles. The van der Waals surface area contributed by atoms with Crippen LogP contribution in [-0.2, 0) is 23.8 Å². The van der Waals surface area contributed by atoms with E-state index in [0.29, 0.717) is 23.4 Å². The highest BCUT2D eigenvalue weighted by Gasteiger charge is 2.61. The van der Waals surface area contributed by atoms with Crippen LogP contribution in [0, 0.1) is 5.92 Å². The molecular weight excluding hydrogens is 404 g/mol. The van der Waals surface area contributed by atoms with Gasteiger partial charge in [0.1, 0.15) is 18.8 Å². The average Bonchev–Trinajstić information content (AvgIpc) is 3.30. The first-order valence-electron chi connectivity index (χ1n) is 10.2. The monoisotopic (exact) mass is 428 g/mol. The fraction of sp³-hybridized carbons (Fsp3) is 0.417. The van der Waals surface area contributed by atoms with Crippen molar-refractivity contribution in [2.24, 2.45) is 5.92 Å². The Morgan fingerprint density at radius 2 is 2.27 bits per heavy atom. The van der Waals surface area contributed by atoms with Crippen LogP contribution >= 0.6 is 11.6 Å². The molecule has 0 amide bonds. The number of fused-ring (bicyclic) bond motifs is 3. The summed E-state index contributed by atoms with van der Waals surface area (Å²) in [5, 5.41) is 0.613. The molecule has 4 atom stereocenters. The molecule has 30 heavy (non-hydrogen) atoms. The van der Waals surface area contributed by atoms with Crippen LogP contribution in [0.2, 0.25) is 5.02 Å². The van der Waals surface area contributed by atoms with Gasteiger partial charge in [0.05, 0.1) is 5.60 Å². The van der Waals surface area contributed by atoms with Crippen LogP contribution in [-0.4, -0.2) is 36.4 Å². The number of benzene rings is 1. The smallest absolute Gasteiger partial charge is 0.334 e. The maximum Gasteiger partial charge on any atom is 0.334 e. The number of hydrogen-bond donors (Lipinski definition) is 0. The number of esters is 2. The average molecular weight is 429 g/mol. The molecule has 0 radical (unpaired) electrons. The van der Waals surface area contributed by atoms with Crippen molar-refractivity contribution in [3.05, 3.63) is 64.7 Å². The van der Waals surface area contributed by atoms with Gasteiger partial charge in [0.2, 0.25) is 0 Å². The van der Waals surface area contributed by atoms with Crippen LogP contribution in [0.4, 0.5) is 0 Å². The highest BCUT2D eigenvalue weighted by Crippen LogP contribution is 2.49. The summed E-state index contributed by atoms with van der Waals surface area (Å²) in [6.45, 7) is 6.20. The van der Waals surface area contributed by atoms with E-state index in [4.69, 9.17) is 25.8 Å². The zero-order chi connectivity index (χ0) is 21.3. The van der Waals surface area contributed by atoms with Crippen molar-refractivity contribution < 1.29 is 23.8 Å². The Hall–Kier alpha value is -2.37. The molecule has 2 heterocycles. The molecule has 1 aromatic rings. The second kappa shape index (κ2) is 8.40. The first-order chi connectivity index (χ1) is 14.4. The molecule has 4 rings (SSSR count). The van der Waals surface area contributed by atoms with Crippen molar-refractivity contribution in [2.75, 3.05) is 6.61 Å². The third-order valence-electron chi connectivity index (χ3n) is 6.10. The lowest BCUT2D eigenvalue weighted by molar-refractivity contribution is -0.140. The van der Waals surface area contributed by atoms with Gasteiger partial charge in [-0.05, 0) is 62.0 Å². The van der Waals surface area contributed by atoms with Crippen molar-refractivity contribution in [2.45, 2.75) is 50.4 Å². The van der Waals surface area contributed by atoms with Gasteiger partial charge in [-0.3, -0.25) is 0 Å². The standard InChI is InChI=1S/C24H25ClO5/c1-15-19-10-8-17(6-4-12-24(2)22(30-24)21(19)29-23(15)27)14-28-20(26)11-9-16-5-3-7-18(25)13-16/h3,5-7,9,11,13,19,21-22H,1,4,8,10,12,14H2,2H3/b11-9+,17-6+/t19-,21-,22-,24+/m0/s1. The van der Waals surface area contributed by atoms with Gasteiger partial charge >= 0.3 is 11.9 Å². The molecule has 0 aromatic heterocycles. The van der Waals surface area contributed by atoms with Crippen molar-refractivity contribution in [1.82, 2.24) is 0 Å². The molecule has 1 aromatic carbocycles. The van der Waals surface area contributed by atoms with E-state index in [1.165, 1.54) is 6.08 Å². The molecule has 6 heteroatoms. The molecule has 0 N–H and O–H groups in total. The summed E-state index contributed by atoms with van der Waals surface area (Å²) in [7, 11) is 0. The fourth-order valence-electron chi connectivity index (χ4n) is 4.24. The fourth-order valence-corrected chi connectivity index (χ4v) is 4.44. The van der Waals surface area contributed by atoms with Crippen molar-refractivity contribution in [3.63, 3.8) is 0 Å². The number of hydrogen-bond acceptors (Lipinski definition) is 5. The Labute approximate surface area is 181 Å². The molecule has 2 aliphatic heterocycles. The third-order valence-corrected chi connectivity index (χ3v) is 6.33. The van der Waals surface area contributed by atoms with Crippen LogP contribution in [0.1, 0.15) is 38.2 Å². The minimum atomic E-state index is -0.410. The van der Waals surface area contributed by atoms with Gasteiger partial charge in [-0.2, -0.15) is 0 Å². The molecule has 0 spiro atoms. The number of carbonyl (C=O) groups is 2. The lowest BCUT2D eigenvalue weighted by Gasteiger charge is -2.20. The van der Waals surface area contributed by atoms with Gasteiger partial charge in [0.15, 0.2) is 0 Å². The highest BCUT2D eigenvalue weighted by atomic mass is 35.5. The minimum absolute atomic E-state index is 0.0601. The predicted octanol–water partition coefficient (Wildman–Crippen LogP) is 4.65. The van der Waals surface area contributed by atoms with Crippen molar-refractivity contribution >= 4 is 29.6 Å².